The van der Waals surface area contributed by atoms with Crippen LogP contribution in [0, 0.1) is 11.3 Å². The summed E-state index contributed by atoms with van der Waals surface area (Å²) in [5.74, 6) is -0.929. The van der Waals surface area contributed by atoms with Crippen molar-refractivity contribution in [3.05, 3.63) is 29.8 Å². The highest BCUT2D eigenvalue weighted by Gasteiger charge is 2.03. The summed E-state index contributed by atoms with van der Waals surface area (Å²) in [6.07, 6.45) is 0.456. The maximum atomic E-state index is 10.6. The molecule has 0 fully saturated rings. The van der Waals surface area contributed by atoms with E-state index in [2.05, 4.69) is 6.07 Å². The molecule has 0 heterocycles. The molecule has 1 aromatic rings. The Hall–Kier alpha value is -2.02. The predicted molar refractivity (Wildman–Crippen MR) is 56.9 cm³/mol. The van der Waals surface area contributed by atoms with Gasteiger partial charge >= 0.3 is 5.97 Å². The molecule has 1 rings (SSSR count). The second kappa shape index (κ2) is 5.01. The number of hydrogen-bond donors (Lipinski definition) is 1. The molecule has 15 heavy (non-hydrogen) atoms. The van der Waals surface area contributed by atoms with E-state index in [0.29, 0.717) is 13.0 Å². The van der Waals surface area contributed by atoms with Crippen molar-refractivity contribution in [2.75, 3.05) is 18.5 Å². The highest BCUT2D eigenvalue weighted by atomic mass is 16.4. The zero-order valence-electron chi connectivity index (χ0n) is 8.47. The van der Waals surface area contributed by atoms with Gasteiger partial charge in [-0.25, -0.2) is 4.79 Å². The Morgan fingerprint density at radius 2 is 2.07 bits per heavy atom. The Kier molecular flexibility index (Phi) is 3.69. The molecule has 4 heteroatoms. The fraction of sp³-hybridized carbons (Fsp3) is 0.273. The van der Waals surface area contributed by atoms with Gasteiger partial charge in [-0.2, -0.15) is 5.26 Å². The van der Waals surface area contributed by atoms with Crippen LogP contribution in [0.25, 0.3) is 0 Å². The fourth-order valence-electron chi connectivity index (χ4n) is 1.21. The molecule has 4 nitrogen and oxygen atoms in total. The second-order valence-electron chi connectivity index (χ2n) is 3.18. The maximum Gasteiger partial charge on any atom is 0.335 e. The van der Waals surface area contributed by atoms with Crippen LogP contribution in [-0.4, -0.2) is 24.7 Å². The van der Waals surface area contributed by atoms with Crippen molar-refractivity contribution in [1.82, 2.24) is 0 Å². The first-order chi connectivity index (χ1) is 7.15. The summed E-state index contributed by atoms with van der Waals surface area (Å²) in [6, 6.07) is 8.65. The molecule has 0 aliphatic carbocycles. The fourth-order valence-corrected chi connectivity index (χ4v) is 1.21. The van der Waals surface area contributed by atoms with Crippen LogP contribution in [0.15, 0.2) is 24.3 Å². The van der Waals surface area contributed by atoms with E-state index in [-0.39, 0.29) is 5.56 Å². The van der Waals surface area contributed by atoms with Crippen molar-refractivity contribution < 1.29 is 9.90 Å². The number of nitrogens with zero attached hydrogens (tertiary/aromatic N) is 2. The topological polar surface area (TPSA) is 64.3 Å². The Balaban J connectivity index is 2.71. The minimum absolute atomic E-state index is 0.271. The van der Waals surface area contributed by atoms with Gasteiger partial charge in [0.2, 0.25) is 0 Å². The number of aromatic carboxylic acids is 1. The first-order valence-corrected chi connectivity index (χ1v) is 4.56. The Morgan fingerprint density at radius 1 is 1.47 bits per heavy atom. The summed E-state index contributed by atoms with van der Waals surface area (Å²) in [4.78, 5) is 12.5. The summed E-state index contributed by atoms with van der Waals surface area (Å²) < 4.78 is 0. The highest BCUT2D eigenvalue weighted by Crippen LogP contribution is 2.13. The van der Waals surface area contributed by atoms with Gasteiger partial charge in [-0.15, -0.1) is 0 Å². The zero-order chi connectivity index (χ0) is 11.3. The summed E-state index contributed by atoms with van der Waals surface area (Å²) in [6.45, 7) is 0.642. The van der Waals surface area contributed by atoms with E-state index in [1.165, 1.54) is 0 Å². The third kappa shape index (κ3) is 2.99. The van der Waals surface area contributed by atoms with Gasteiger partial charge in [0.15, 0.2) is 0 Å². The van der Waals surface area contributed by atoms with Crippen molar-refractivity contribution in [2.24, 2.45) is 0 Å². The summed E-state index contributed by atoms with van der Waals surface area (Å²) >= 11 is 0. The summed E-state index contributed by atoms with van der Waals surface area (Å²) in [5, 5.41) is 17.1. The third-order valence-electron chi connectivity index (χ3n) is 2.11. The molecular weight excluding hydrogens is 192 g/mol. The van der Waals surface area contributed by atoms with Crippen molar-refractivity contribution >= 4 is 11.7 Å². The minimum atomic E-state index is -0.929. The first-order valence-electron chi connectivity index (χ1n) is 4.56. The standard InChI is InChI=1S/C11H12N2O2/c1-13(8-2-7-12)10-5-3-9(4-6-10)11(14)15/h3-6H,2,8H2,1H3,(H,14,15). The largest absolute Gasteiger partial charge is 0.478 e. The van der Waals surface area contributed by atoms with Gasteiger partial charge in [-0.1, -0.05) is 0 Å². The number of benzene rings is 1. The molecule has 0 spiro atoms. The molecule has 0 unspecified atom stereocenters. The van der Waals surface area contributed by atoms with Gasteiger partial charge in [0, 0.05) is 19.3 Å². The zero-order valence-corrected chi connectivity index (χ0v) is 8.47. The van der Waals surface area contributed by atoms with E-state index in [1.807, 2.05) is 11.9 Å². The number of nitriles is 1. The molecule has 0 saturated carbocycles. The number of carbonyl (C=O) groups is 1. The lowest BCUT2D eigenvalue weighted by Gasteiger charge is -2.17. The molecule has 1 N–H and O–H groups in total. The molecule has 0 bridgehead atoms. The molecule has 0 aliphatic rings. The minimum Gasteiger partial charge on any atom is -0.478 e. The summed E-state index contributed by atoms with van der Waals surface area (Å²) in [7, 11) is 1.87. The predicted octanol–water partition coefficient (Wildman–Crippen LogP) is 1.73. The van der Waals surface area contributed by atoms with E-state index in [4.69, 9.17) is 10.4 Å². The molecule has 0 aliphatic heterocycles. The maximum absolute atomic E-state index is 10.6. The SMILES string of the molecule is CN(CCC#N)c1ccc(C(=O)O)cc1. The first kappa shape index (κ1) is 11.1. The van der Waals surface area contributed by atoms with Crippen LogP contribution in [0.2, 0.25) is 0 Å². The molecule has 0 aromatic heterocycles. The van der Waals surface area contributed by atoms with Crippen molar-refractivity contribution in [1.29, 1.82) is 5.26 Å². The molecular formula is C11H12N2O2. The summed E-state index contributed by atoms with van der Waals surface area (Å²) in [5.41, 5.74) is 1.18. The number of carboxylic acid groups (broad SMARTS) is 1. The van der Waals surface area contributed by atoms with Gasteiger partial charge < -0.3 is 10.0 Å². The van der Waals surface area contributed by atoms with Crippen LogP contribution in [0.5, 0.6) is 0 Å². The molecule has 0 atom stereocenters. The van der Waals surface area contributed by atoms with Crippen molar-refractivity contribution in [3.63, 3.8) is 0 Å². The van der Waals surface area contributed by atoms with Crippen molar-refractivity contribution in [3.8, 4) is 6.07 Å². The molecule has 0 radical (unpaired) electrons. The number of rotatable bonds is 4. The highest BCUT2D eigenvalue weighted by molar-refractivity contribution is 5.88. The quantitative estimate of drug-likeness (QED) is 0.811. The van der Waals surface area contributed by atoms with E-state index in [0.717, 1.165) is 5.69 Å². The van der Waals surface area contributed by atoms with Crippen LogP contribution in [0.3, 0.4) is 0 Å². The second-order valence-corrected chi connectivity index (χ2v) is 3.18. The average molecular weight is 204 g/mol. The number of hydrogen-bond acceptors (Lipinski definition) is 3. The van der Waals surface area contributed by atoms with Crippen LogP contribution in [0.4, 0.5) is 5.69 Å². The molecule has 1 aromatic carbocycles. The van der Waals surface area contributed by atoms with Gasteiger partial charge in [-0.05, 0) is 24.3 Å². The lowest BCUT2D eigenvalue weighted by molar-refractivity contribution is 0.0697. The Bertz CT molecular complexity index is 379. The monoisotopic (exact) mass is 204 g/mol. The van der Waals surface area contributed by atoms with Gasteiger partial charge in [-0.3, -0.25) is 0 Å². The van der Waals surface area contributed by atoms with Crippen LogP contribution >= 0.6 is 0 Å². The average Bonchev–Trinajstić information content (AvgIpc) is 2.26. The lowest BCUT2D eigenvalue weighted by Crippen LogP contribution is -2.17. The van der Waals surface area contributed by atoms with Crippen molar-refractivity contribution in [2.45, 2.75) is 6.42 Å². The third-order valence-corrected chi connectivity index (χ3v) is 2.11. The molecule has 0 saturated heterocycles. The van der Waals surface area contributed by atoms with Gasteiger partial charge in [0.05, 0.1) is 18.1 Å². The molecule has 78 valence electrons. The van der Waals surface area contributed by atoms with E-state index in [9.17, 15) is 4.79 Å². The lowest BCUT2D eigenvalue weighted by atomic mass is 10.2. The van der Waals surface area contributed by atoms with Gasteiger partial charge in [0.25, 0.3) is 0 Å². The normalized spacial score (nSPS) is 9.33. The number of anilines is 1. The van der Waals surface area contributed by atoms with E-state index in [1.54, 1.807) is 24.3 Å². The smallest absolute Gasteiger partial charge is 0.335 e. The van der Waals surface area contributed by atoms with Crippen LogP contribution < -0.4 is 4.90 Å². The van der Waals surface area contributed by atoms with Gasteiger partial charge in [0.1, 0.15) is 0 Å². The van der Waals surface area contributed by atoms with E-state index < -0.39 is 5.97 Å². The molecule has 0 amide bonds. The number of carboxylic acids is 1. The Labute approximate surface area is 88.4 Å². The van der Waals surface area contributed by atoms with Crippen LogP contribution in [0.1, 0.15) is 16.8 Å². The van der Waals surface area contributed by atoms with Crippen LogP contribution in [-0.2, 0) is 0 Å². The Morgan fingerprint density at radius 3 is 2.53 bits per heavy atom. The van der Waals surface area contributed by atoms with E-state index >= 15 is 0 Å².